The van der Waals surface area contributed by atoms with Crippen LogP contribution in [0.2, 0.25) is 0 Å². The second kappa shape index (κ2) is 13.7. The molecule has 11 nitrogen and oxygen atoms in total. The molecule has 0 fully saturated rings. The molecule has 22 heavy (non-hydrogen) atoms. The molecule has 0 aliphatic heterocycles. The minimum Gasteiger partial charge on any atom is -0.481 e. The number of hydrogen-bond acceptors (Lipinski definition) is 7. The van der Waals surface area contributed by atoms with Crippen LogP contribution in [0.1, 0.15) is 20.3 Å². The Morgan fingerprint density at radius 3 is 1.27 bits per heavy atom. The molecule has 0 saturated carbocycles. The molecule has 0 rings (SSSR count). The zero-order valence-electron chi connectivity index (χ0n) is 12.3. The lowest BCUT2D eigenvalue weighted by Gasteiger charge is -2.07. The molecule has 2 unspecified atom stereocenters. The first-order valence-corrected chi connectivity index (χ1v) is 5.97. The number of carboxylic acids is 4. The van der Waals surface area contributed by atoms with Gasteiger partial charge in [-0.05, 0) is 5.92 Å². The van der Waals surface area contributed by atoms with E-state index in [0.29, 0.717) is 0 Å². The third-order valence-corrected chi connectivity index (χ3v) is 1.89. The molecule has 0 saturated heterocycles. The summed E-state index contributed by atoms with van der Waals surface area (Å²) in [6, 6.07) is -2.00. The summed E-state index contributed by atoms with van der Waals surface area (Å²) in [7, 11) is 0. The molecular weight excluding hydrogens is 302 g/mol. The summed E-state index contributed by atoms with van der Waals surface area (Å²) in [5.41, 5.74) is 14.6. The standard InChI is InChI=1S/C5H11NO2.C4H7NO4.C2H5NO2/c1-3(2)4(6)5(7)8;5-2(4(8)9)1-3(6)7;3-1-2(4)5/h3-4H,6H2,1-2H3,(H,7,8);2H,1,5H2,(H,6,7)(H,8,9);1,3H2,(H,4,5). The molecule has 10 N–H and O–H groups in total. The van der Waals surface area contributed by atoms with Gasteiger partial charge in [0.1, 0.15) is 12.1 Å². The van der Waals surface area contributed by atoms with Crippen LogP contribution in [-0.4, -0.2) is 62.9 Å². The van der Waals surface area contributed by atoms with Crippen molar-refractivity contribution in [3.05, 3.63) is 0 Å². The second-order valence-corrected chi connectivity index (χ2v) is 4.25. The number of hydrogen-bond donors (Lipinski definition) is 7. The molecule has 0 radical (unpaired) electrons. The van der Waals surface area contributed by atoms with Crippen LogP contribution in [0, 0.1) is 5.92 Å². The van der Waals surface area contributed by atoms with Crippen LogP contribution in [0.5, 0.6) is 0 Å². The summed E-state index contributed by atoms with van der Waals surface area (Å²) in [5, 5.41) is 31.9. The fourth-order valence-corrected chi connectivity index (χ4v) is 0.561. The molecule has 0 amide bonds. The van der Waals surface area contributed by atoms with Crippen LogP contribution in [0.4, 0.5) is 0 Å². The van der Waals surface area contributed by atoms with Gasteiger partial charge in [0.2, 0.25) is 0 Å². The smallest absolute Gasteiger partial charge is 0.321 e. The summed E-state index contributed by atoms with van der Waals surface area (Å²) in [6.07, 6.45) is -0.532. The van der Waals surface area contributed by atoms with Crippen LogP contribution in [0.3, 0.4) is 0 Å². The average molecular weight is 325 g/mol. The highest BCUT2D eigenvalue weighted by Gasteiger charge is 2.15. The lowest BCUT2D eigenvalue weighted by Crippen LogP contribution is -2.34. The van der Waals surface area contributed by atoms with E-state index >= 15 is 0 Å². The Labute approximate surface area is 126 Å². The SMILES string of the molecule is CC(C)C(N)C(=O)O.NC(CC(=O)O)C(=O)O.NCC(=O)O. The Bertz CT molecular complexity index is 372. The second-order valence-electron chi connectivity index (χ2n) is 4.25. The zero-order chi connectivity index (χ0) is 18.5. The quantitative estimate of drug-likeness (QED) is 0.281. The number of rotatable bonds is 6. The van der Waals surface area contributed by atoms with Gasteiger partial charge in [0.05, 0.1) is 13.0 Å². The van der Waals surface area contributed by atoms with Crippen LogP contribution in [0.25, 0.3) is 0 Å². The summed E-state index contributed by atoms with van der Waals surface area (Å²) in [6.45, 7) is 3.28. The zero-order valence-corrected chi connectivity index (χ0v) is 12.3. The third kappa shape index (κ3) is 20.1. The Hall–Kier alpha value is -2.24. The van der Waals surface area contributed by atoms with Crippen molar-refractivity contribution in [2.45, 2.75) is 32.4 Å². The van der Waals surface area contributed by atoms with Gasteiger partial charge >= 0.3 is 23.9 Å². The molecule has 2 atom stereocenters. The lowest BCUT2D eigenvalue weighted by molar-refractivity contribution is -0.144. The highest BCUT2D eigenvalue weighted by Crippen LogP contribution is 1.96. The van der Waals surface area contributed by atoms with E-state index in [0.717, 1.165) is 0 Å². The van der Waals surface area contributed by atoms with Crippen LogP contribution in [0.15, 0.2) is 0 Å². The van der Waals surface area contributed by atoms with E-state index in [1.807, 2.05) is 0 Å². The van der Waals surface area contributed by atoms with Crippen molar-refractivity contribution in [2.24, 2.45) is 23.1 Å². The van der Waals surface area contributed by atoms with Crippen molar-refractivity contribution < 1.29 is 39.6 Å². The van der Waals surface area contributed by atoms with Crippen LogP contribution < -0.4 is 17.2 Å². The minimum absolute atomic E-state index is 0.0208. The summed E-state index contributed by atoms with van der Waals surface area (Å²) in [5.74, 6) is -4.38. The monoisotopic (exact) mass is 325 g/mol. The highest BCUT2D eigenvalue weighted by atomic mass is 16.4. The van der Waals surface area contributed by atoms with Gasteiger partial charge in [-0.25, -0.2) is 0 Å². The summed E-state index contributed by atoms with van der Waals surface area (Å²) >= 11 is 0. The molecule has 0 spiro atoms. The minimum atomic E-state index is -1.29. The molecule has 130 valence electrons. The van der Waals surface area contributed by atoms with Gasteiger partial charge in [0.15, 0.2) is 0 Å². The van der Waals surface area contributed by atoms with E-state index in [4.69, 9.17) is 31.9 Å². The van der Waals surface area contributed by atoms with Gasteiger partial charge in [-0.1, -0.05) is 13.8 Å². The predicted molar refractivity (Wildman–Crippen MR) is 75.0 cm³/mol. The van der Waals surface area contributed by atoms with Crippen LogP contribution in [-0.2, 0) is 19.2 Å². The lowest BCUT2D eigenvalue weighted by atomic mass is 10.1. The molecule has 0 aliphatic rings. The van der Waals surface area contributed by atoms with Crippen molar-refractivity contribution in [3.63, 3.8) is 0 Å². The first-order chi connectivity index (χ1) is 9.86. The number of aliphatic carboxylic acids is 4. The summed E-state index contributed by atoms with van der Waals surface area (Å²) < 4.78 is 0. The van der Waals surface area contributed by atoms with Gasteiger partial charge < -0.3 is 37.6 Å². The van der Waals surface area contributed by atoms with Crippen molar-refractivity contribution in [1.82, 2.24) is 0 Å². The van der Waals surface area contributed by atoms with E-state index in [9.17, 15) is 19.2 Å². The maximum Gasteiger partial charge on any atom is 0.321 e. The maximum atomic E-state index is 10.0. The van der Waals surface area contributed by atoms with Gasteiger partial charge in [0.25, 0.3) is 0 Å². The Balaban J connectivity index is -0.000000257. The molecular formula is C11H23N3O8. The predicted octanol–water partition coefficient (Wildman–Crippen LogP) is -2.04. The largest absolute Gasteiger partial charge is 0.481 e. The van der Waals surface area contributed by atoms with E-state index < -0.39 is 42.4 Å². The number of nitrogens with two attached hydrogens (primary N) is 3. The first kappa shape index (κ1) is 24.8. The van der Waals surface area contributed by atoms with Gasteiger partial charge in [-0.3, -0.25) is 19.2 Å². The van der Waals surface area contributed by atoms with E-state index in [-0.39, 0.29) is 12.5 Å². The Morgan fingerprint density at radius 1 is 0.864 bits per heavy atom. The van der Waals surface area contributed by atoms with Crippen molar-refractivity contribution >= 4 is 23.9 Å². The van der Waals surface area contributed by atoms with Gasteiger partial charge in [-0.2, -0.15) is 0 Å². The topological polar surface area (TPSA) is 227 Å². The van der Waals surface area contributed by atoms with E-state index in [2.05, 4.69) is 5.73 Å². The maximum absolute atomic E-state index is 10.0. The molecule has 0 aromatic heterocycles. The van der Waals surface area contributed by atoms with E-state index in [1.54, 1.807) is 13.8 Å². The number of carbonyl (C=O) groups is 4. The molecule has 11 heteroatoms. The van der Waals surface area contributed by atoms with Crippen molar-refractivity contribution in [1.29, 1.82) is 0 Å². The van der Waals surface area contributed by atoms with Crippen molar-refractivity contribution in [2.75, 3.05) is 6.54 Å². The first-order valence-electron chi connectivity index (χ1n) is 5.97. The molecule has 0 aromatic rings. The van der Waals surface area contributed by atoms with Crippen LogP contribution >= 0.6 is 0 Å². The Kier molecular flexibility index (Phi) is 15.5. The Morgan fingerprint density at radius 2 is 1.23 bits per heavy atom. The normalized spacial score (nSPS) is 11.9. The molecule has 0 bridgehead atoms. The van der Waals surface area contributed by atoms with Gasteiger partial charge in [0, 0.05) is 0 Å². The molecule has 0 heterocycles. The highest BCUT2D eigenvalue weighted by molar-refractivity contribution is 5.80. The molecule has 0 aliphatic carbocycles. The van der Waals surface area contributed by atoms with Gasteiger partial charge in [-0.15, -0.1) is 0 Å². The van der Waals surface area contributed by atoms with E-state index in [1.165, 1.54) is 0 Å². The third-order valence-electron chi connectivity index (χ3n) is 1.89. The summed E-state index contributed by atoms with van der Waals surface area (Å²) in [4.78, 5) is 38.9. The average Bonchev–Trinajstić information content (AvgIpc) is 2.37. The fraction of sp³-hybridized carbons (Fsp3) is 0.636. The molecule has 0 aromatic carbocycles. The van der Waals surface area contributed by atoms with Crippen molar-refractivity contribution in [3.8, 4) is 0 Å². The fourth-order valence-electron chi connectivity index (χ4n) is 0.561. The number of carboxylic acid groups (broad SMARTS) is 4.